The van der Waals surface area contributed by atoms with Gasteiger partial charge in [0.15, 0.2) is 5.72 Å². The summed E-state index contributed by atoms with van der Waals surface area (Å²) in [6.07, 6.45) is 31.5. The van der Waals surface area contributed by atoms with Crippen molar-refractivity contribution in [2.75, 3.05) is 27.9 Å². The number of hydrogen-bond donors (Lipinski definition) is 2. The van der Waals surface area contributed by atoms with Crippen molar-refractivity contribution in [2.45, 2.75) is 193 Å². The van der Waals surface area contributed by atoms with E-state index in [1.54, 1.807) is 20.5 Å². The number of aliphatic hydroxyl groups excluding tert-OH is 1. The second kappa shape index (κ2) is 25.8. The van der Waals surface area contributed by atoms with Crippen LogP contribution in [0.3, 0.4) is 0 Å². The Kier molecular flexibility index (Phi) is 21.0. The van der Waals surface area contributed by atoms with Crippen LogP contribution in [0.2, 0.25) is 0 Å². The second-order valence-corrected chi connectivity index (χ2v) is 20.1. The van der Waals surface area contributed by atoms with Gasteiger partial charge in [-0.2, -0.15) is 0 Å². The van der Waals surface area contributed by atoms with Crippen molar-refractivity contribution < 1.29 is 33.9 Å². The zero-order valence-electron chi connectivity index (χ0n) is 41.1. The quantitative estimate of drug-likeness (QED) is 0.271. The van der Waals surface area contributed by atoms with Gasteiger partial charge in [-0.05, 0) is 149 Å². The van der Waals surface area contributed by atoms with E-state index in [1.807, 2.05) is 22.9 Å². The van der Waals surface area contributed by atoms with E-state index in [2.05, 4.69) is 113 Å². The number of tetrazole rings is 1. The first-order valence-electron chi connectivity index (χ1n) is 24.6. The van der Waals surface area contributed by atoms with Gasteiger partial charge in [-0.15, -0.1) is 5.10 Å². The molecule has 360 valence electrons. The summed E-state index contributed by atoms with van der Waals surface area (Å²) in [7, 11) is 5.38. The molecule has 5 rings (SSSR count). The van der Waals surface area contributed by atoms with E-state index < -0.39 is 12.0 Å². The molecule has 2 bridgehead atoms. The lowest BCUT2D eigenvalue weighted by Crippen LogP contribution is -2.59. The summed E-state index contributed by atoms with van der Waals surface area (Å²) < 4.78 is 33.4. The minimum absolute atomic E-state index is 0.00158. The maximum absolute atomic E-state index is 12.4. The Morgan fingerprint density at radius 1 is 0.906 bits per heavy atom. The number of methoxy groups -OCH3 is 3. The number of aliphatic hydroxyl groups is 2. The Morgan fingerprint density at radius 3 is 2.45 bits per heavy atom. The Morgan fingerprint density at radius 2 is 1.72 bits per heavy atom. The number of hydrogen-bond acceptors (Lipinski definition) is 11. The average Bonchev–Trinajstić information content (AvgIpc) is 3.81. The van der Waals surface area contributed by atoms with Crippen LogP contribution in [0.1, 0.15) is 144 Å². The zero-order chi connectivity index (χ0) is 46.2. The summed E-state index contributed by atoms with van der Waals surface area (Å²) >= 11 is 0. The molecule has 1 aromatic rings. The van der Waals surface area contributed by atoms with E-state index in [-0.39, 0.29) is 48.6 Å². The molecule has 2 saturated heterocycles. The fourth-order valence-electron chi connectivity index (χ4n) is 10.8. The van der Waals surface area contributed by atoms with Crippen molar-refractivity contribution >= 4 is 0 Å². The Labute approximate surface area is 386 Å². The van der Waals surface area contributed by atoms with E-state index >= 15 is 0 Å². The van der Waals surface area contributed by atoms with Gasteiger partial charge in [0.1, 0.15) is 6.33 Å². The first-order valence-corrected chi connectivity index (χ1v) is 24.6. The zero-order valence-corrected chi connectivity index (χ0v) is 41.1. The minimum atomic E-state index is -1.58. The molecule has 0 radical (unpaired) electrons. The van der Waals surface area contributed by atoms with Gasteiger partial charge in [0.05, 0.1) is 42.7 Å². The van der Waals surface area contributed by atoms with Crippen LogP contribution in [0.4, 0.5) is 0 Å². The molecule has 4 heterocycles. The van der Waals surface area contributed by atoms with Crippen LogP contribution in [0.15, 0.2) is 77.9 Å². The smallest absolute Gasteiger partial charge is 0.203 e. The predicted octanol–water partition coefficient (Wildman–Crippen LogP) is 9.85. The van der Waals surface area contributed by atoms with Crippen LogP contribution < -0.4 is 0 Å². The lowest BCUT2D eigenvalue weighted by Gasteiger charge is -2.46. The molecule has 12 nitrogen and oxygen atoms in total. The highest BCUT2D eigenvalue weighted by molar-refractivity contribution is 5.22. The molecule has 1 saturated carbocycles. The molecule has 10 unspecified atom stereocenters. The number of fused-ring (bicyclic) bond motifs is 3. The number of aromatic nitrogens is 4. The molecular weight excluding hydrogens is 807 g/mol. The van der Waals surface area contributed by atoms with E-state index in [1.165, 1.54) is 11.1 Å². The molecule has 3 aliphatic heterocycles. The lowest BCUT2D eigenvalue weighted by atomic mass is 9.78. The maximum Gasteiger partial charge on any atom is 0.203 e. The molecule has 12 heteroatoms. The Balaban J connectivity index is 1.40. The summed E-state index contributed by atoms with van der Waals surface area (Å²) in [4.78, 5) is 1.90. The third-order valence-electron chi connectivity index (χ3n) is 14.7. The maximum atomic E-state index is 12.4. The van der Waals surface area contributed by atoms with Gasteiger partial charge < -0.3 is 38.8 Å². The molecular formula is C52H85N5O7. The third-order valence-corrected chi connectivity index (χ3v) is 14.7. The van der Waals surface area contributed by atoms with Gasteiger partial charge in [-0.1, -0.05) is 81.4 Å². The summed E-state index contributed by atoms with van der Waals surface area (Å²) in [5.74, 6) is 1.76. The van der Waals surface area contributed by atoms with Crippen LogP contribution in [0.5, 0.6) is 0 Å². The van der Waals surface area contributed by atoms with E-state index in [9.17, 15) is 10.2 Å². The van der Waals surface area contributed by atoms with Crippen LogP contribution in [-0.4, -0.2) is 112 Å². The minimum Gasteiger partial charge on any atom is -0.381 e. The molecule has 2 N–H and O–H groups in total. The van der Waals surface area contributed by atoms with Crippen LogP contribution in [0, 0.1) is 29.6 Å². The van der Waals surface area contributed by atoms with E-state index in [0.29, 0.717) is 43.1 Å². The van der Waals surface area contributed by atoms with Gasteiger partial charge in [0.25, 0.3) is 0 Å². The highest BCUT2D eigenvalue weighted by Crippen LogP contribution is 2.39. The molecule has 64 heavy (non-hydrogen) atoms. The largest absolute Gasteiger partial charge is 0.381 e. The number of allylic oxidation sites excluding steroid dienone is 7. The summed E-state index contributed by atoms with van der Waals surface area (Å²) in [5.41, 5.74) is 2.00. The topological polar surface area (TPSA) is 133 Å². The normalized spacial score (nSPS) is 40.6. The molecule has 0 spiro atoms. The molecule has 1 aromatic heterocycles. The average molecular weight is 892 g/mol. The Hall–Kier alpha value is -2.97. The van der Waals surface area contributed by atoms with E-state index in [4.69, 9.17) is 23.7 Å². The summed E-state index contributed by atoms with van der Waals surface area (Å²) in [6.45, 7) is 16.2. The SMILES string of the molecule is COC1C/C(C)=C/C(C)=C/CC([C@H](C)C[C@@H]2CC[C@H](n3cnnn3)[C@H](OC)C2)OC(O)C2(O)CCCCN2/C=C/C2OC(CCC2C)CC(OC)/C(C)=C/C=C/C=C/C(C)CC(C)C1. The molecule has 3 fully saturated rings. The van der Waals surface area contributed by atoms with Crippen LogP contribution in [-0.2, 0) is 23.7 Å². The van der Waals surface area contributed by atoms with Crippen molar-refractivity contribution in [3.63, 3.8) is 0 Å². The molecule has 0 amide bonds. The Bertz CT molecular complexity index is 1710. The van der Waals surface area contributed by atoms with Crippen molar-refractivity contribution in [1.82, 2.24) is 25.1 Å². The molecule has 1 aliphatic carbocycles. The first kappa shape index (κ1) is 52.0. The van der Waals surface area contributed by atoms with Crippen molar-refractivity contribution in [3.8, 4) is 0 Å². The standard InChI is InChI=1S/C52H85N5O7/c1-36-16-12-11-13-17-40(5)49(61-9)34-44-21-19-41(6)48(63-44)24-27-56-26-15-14-25-52(56,59)51(58)64-47(23-18-37(2)29-39(4)31-45(60-8)30-38(3)28-36)42(7)32-43-20-22-46(50(33-43)62-10)57-35-53-54-55-57/h11-13,16-18,24,27,29,35-36,38,41-51,58-59H,14-15,19-23,25-26,28,30-34H2,1-10H3/b13-11+,16-12+,27-24+,37-18+,39-29+,40-17+/t36?,38?,41?,42-,43+,44?,45?,46+,47?,48?,49?,50-,51?,52?/m1/s1. The predicted molar refractivity (Wildman–Crippen MR) is 254 cm³/mol. The fraction of sp³-hybridized carbons (Fsp3) is 0.750. The van der Waals surface area contributed by atoms with Crippen molar-refractivity contribution in [2.24, 2.45) is 29.6 Å². The van der Waals surface area contributed by atoms with Gasteiger partial charge in [0.2, 0.25) is 6.29 Å². The summed E-state index contributed by atoms with van der Waals surface area (Å²) in [5, 5.41) is 36.5. The van der Waals surface area contributed by atoms with Gasteiger partial charge in [0, 0.05) is 46.9 Å². The second-order valence-electron chi connectivity index (χ2n) is 20.1. The molecule has 0 aromatic carbocycles. The van der Waals surface area contributed by atoms with Gasteiger partial charge in [-0.25, -0.2) is 4.68 Å². The number of ether oxygens (including phenoxy) is 5. The van der Waals surface area contributed by atoms with Crippen molar-refractivity contribution in [1.29, 1.82) is 0 Å². The van der Waals surface area contributed by atoms with Crippen LogP contribution in [0.25, 0.3) is 0 Å². The van der Waals surface area contributed by atoms with Crippen molar-refractivity contribution in [3.05, 3.63) is 77.9 Å². The summed E-state index contributed by atoms with van der Waals surface area (Å²) in [6, 6.07) is 0.0980. The molecule has 4 aliphatic rings. The molecule has 14 atom stereocenters. The number of rotatable bonds is 7. The third kappa shape index (κ3) is 15.3. The fourth-order valence-corrected chi connectivity index (χ4v) is 10.8. The highest BCUT2D eigenvalue weighted by atomic mass is 16.6. The monoisotopic (exact) mass is 892 g/mol. The van der Waals surface area contributed by atoms with E-state index in [0.717, 1.165) is 82.6 Å². The highest BCUT2D eigenvalue weighted by Gasteiger charge is 2.45. The number of piperidine rings is 1. The lowest BCUT2D eigenvalue weighted by molar-refractivity contribution is -0.289. The first-order chi connectivity index (χ1) is 30.7. The number of nitrogens with zero attached hydrogens (tertiary/aromatic N) is 5. The van der Waals surface area contributed by atoms with Crippen LogP contribution >= 0.6 is 0 Å². The van der Waals surface area contributed by atoms with Gasteiger partial charge in [-0.3, -0.25) is 0 Å². The van der Waals surface area contributed by atoms with Gasteiger partial charge >= 0.3 is 0 Å².